The predicted octanol–water partition coefficient (Wildman–Crippen LogP) is 1.96. The number of hydrogen-bond donors (Lipinski definition) is 3. The van der Waals surface area contributed by atoms with Crippen molar-refractivity contribution < 1.29 is 8.42 Å². The van der Waals surface area contributed by atoms with Gasteiger partial charge in [0.05, 0.1) is 15.9 Å². The molecule has 2 saturated carbocycles. The van der Waals surface area contributed by atoms with Gasteiger partial charge in [-0.1, -0.05) is 6.42 Å². The van der Waals surface area contributed by atoms with Crippen LogP contribution in [0.3, 0.4) is 0 Å². The molecule has 1 aromatic heterocycles. The van der Waals surface area contributed by atoms with Crippen molar-refractivity contribution in [3.8, 4) is 0 Å². The van der Waals surface area contributed by atoms with Crippen LogP contribution < -0.4 is 10.4 Å². The second-order valence-electron chi connectivity index (χ2n) is 7.04. The average molecular weight is 335 g/mol. The van der Waals surface area contributed by atoms with Crippen LogP contribution in [-0.2, 0) is 10.0 Å². The normalized spacial score (nSPS) is 28.5. The molecule has 1 heterocycles. The number of nitrogens with one attached hydrogen (secondary N) is 3. The van der Waals surface area contributed by atoms with Crippen LogP contribution in [0.5, 0.6) is 0 Å². The zero-order chi connectivity index (χ0) is 16.2. The standard InChI is InChI=1S/C16H21N3O3S/c1-9(13-7-10-2-3-11(13)6-10)19-23(21,22)12-4-5-14-15(8-12)18-16(20)17-14/h4-5,8-11,13,19H,2-3,6-7H2,1H3,(H2,17,18,20). The van der Waals surface area contributed by atoms with Gasteiger partial charge in [-0.25, -0.2) is 17.9 Å². The summed E-state index contributed by atoms with van der Waals surface area (Å²) in [7, 11) is -3.58. The summed E-state index contributed by atoms with van der Waals surface area (Å²) < 4.78 is 28.1. The summed E-state index contributed by atoms with van der Waals surface area (Å²) in [4.78, 5) is 16.7. The Balaban J connectivity index is 1.57. The second-order valence-corrected chi connectivity index (χ2v) is 8.75. The smallest absolute Gasteiger partial charge is 0.306 e. The molecule has 0 radical (unpaired) electrons. The summed E-state index contributed by atoms with van der Waals surface area (Å²) >= 11 is 0. The molecule has 2 aromatic rings. The summed E-state index contributed by atoms with van der Waals surface area (Å²) in [6.07, 6.45) is 4.93. The van der Waals surface area contributed by atoms with E-state index in [1.165, 1.54) is 31.4 Å². The second kappa shape index (κ2) is 5.21. The molecular weight excluding hydrogens is 314 g/mol. The number of aromatic amines is 2. The molecule has 6 nitrogen and oxygen atoms in total. The molecule has 0 amide bonds. The van der Waals surface area contributed by atoms with Gasteiger partial charge >= 0.3 is 5.69 Å². The highest BCUT2D eigenvalue weighted by molar-refractivity contribution is 7.89. The lowest BCUT2D eigenvalue weighted by molar-refractivity contribution is 0.280. The predicted molar refractivity (Wildman–Crippen MR) is 87.6 cm³/mol. The Bertz CT molecular complexity index is 899. The van der Waals surface area contributed by atoms with Crippen LogP contribution in [0.1, 0.15) is 32.6 Å². The van der Waals surface area contributed by atoms with Gasteiger partial charge in [0.2, 0.25) is 10.0 Å². The fourth-order valence-corrected chi connectivity index (χ4v) is 5.81. The number of rotatable bonds is 4. The number of sulfonamides is 1. The van der Waals surface area contributed by atoms with E-state index in [-0.39, 0.29) is 16.6 Å². The summed E-state index contributed by atoms with van der Waals surface area (Å²) in [5.74, 6) is 1.90. The Hall–Kier alpha value is -1.60. The van der Waals surface area contributed by atoms with E-state index in [0.29, 0.717) is 22.9 Å². The highest BCUT2D eigenvalue weighted by Gasteiger charge is 2.42. The Labute approximate surface area is 134 Å². The van der Waals surface area contributed by atoms with Crippen LogP contribution >= 0.6 is 0 Å². The molecule has 2 bridgehead atoms. The minimum Gasteiger partial charge on any atom is -0.306 e. The van der Waals surface area contributed by atoms with Gasteiger partial charge in [-0.15, -0.1) is 0 Å². The van der Waals surface area contributed by atoms with Crippen LogP contribution in [0.2, 0.25) is 0 Å². The van der Waals surface area contributed by atoms with E-state index in [0.717, 1.165) is 12.3 Å². The fourth-order valence-electron chi connectivity index (χ4n) is 4.49. The van der Waals surface area contributed by atoms with E-state index < -0.39 is 10.0 Å². The van der Waals surface area contributed by atoms with E-state index in [9.17, 15) is 13.2 Å². The van der Waals surface area contributed by atoms with Crippen LogP contribution in [0.25, 0.3) is 11.0 Å². The molecule has 2 aliphatic rings. The van der Waals surface area contributed by atoms with Crippen molar-refractivity contribution in [2.75, 3.05) is 0 Å². The molecule has 23 heavy (non-hydrogen) atoms. The molecule has 7 heteroatoms. The molecule has 4 unspecified atom stereocenters. The quantitative estimate of drug-likeness (QED) is 0.797. The maximum absolute atomic E-state index is 12.6. The molecule has 0 spiro atoms. The third-order valence-electron chi connectivity index (χ3n) is 5.57. The average Bonchev–Trinajstić information content (AvgIpc) is 3.19. The van der Waals surface area contributed by atoms with Crippen molar-refractivity contribution in [2.45, 2.75) is 43.5 Å². The number of imidazole rings is 1. The summed E-state index contributed by atoms with van der Waals surface area (Å²) in [5, 5.41) is 0. The zero-order valence-electron chi connectivity index (χ0n) is 13.0. The Morgan fingerprint density at radius 1 is 1.17 bits per heavy atom. The van der Waals surface area contributed by atoms with Crippen LogP contribution in [0.15, 0.2) is 27.9 Å². The highest BCUT2D eigenvalue weighted by Crippen LogP contribution is 2.49. The first-order valence-electron chi connectivity index (χ1n) is 8.17. The Morgan fingerprint density at radius 3 is 2.65 bits per heavy atom. The van der Waals surface area contributed by atoms with E-state index in [4.69, 9.17) is 0 Å². The first-order chi connectivity index (χ1) is 10.9. The third-order valence-corrected chi connectivity index (χ3v) is 7.13. The number of fused-ring (bicyclic) bond motifs is 3. The molecule has 124 valence electrons. The molecule has 4 atom stereocenters. The van der Waals surface area contributed by atoms with Gasteiger partial charge < -0.3 is 9.97 Å². The van der Waals surface area contributed by atoms with Crippen molar-refractivity contribution in [2.24, 2.45) is 17.8 Å². The number of aromatic nitrogens is 2. The van der Waals surface area contributed by atoms with Gasteiger partial charge in [0.15, 0.2) is 0 Å². The maximum Gasteiger partial charge on any atom is 0.323 e. The van der Waals surface area contributed by atoms with E-state index in [1.807, 2.05) is 6.92 Å². The Morgan fingerprint density at radius 2 is 1.96 bits per heavy atom. The minimum atomic E-state index is -3.58. The lowest BCUT2D eigenvalue weighted by Crippen LogP contribution is -2.40. The van der Waals surface area contributed by atoms with Crippen molar-refractivity contribution in [1.82, 2.24) is 14.7 Å². The molecular formula is C16H21N3O3S. The van der Waals surface area contributed by atoms with Crippen molar-refractivity contribution >= 4 is 21.1 Å². The van der Waals surface area contributed by atoms with Gasteiger partial charge in [0.25, 0.3) is 0 Å². The van der Waals surface area contributed by atoms with Crippen molar-refractivity contribution in [3.05, 3.63) is 28.7 Å². The zero-order valence-corrected chi connectivity index (χ0v) is 13.8. The van der Waals surface area contributed by atoms with Gasteiger partial charge in [0.1, 0.15) is 0 Å². The lowest BCUT2D eigenvalue weighted by Gasteiger charge is -2.28. The molecule has 4 rings (SSSR count). The molecule has 0 saturated heterocycles. The summed E-state index contributed by atoms with van der Waals surface area (Å²) in [5.41, 5.74) is 0.776. The Kier molecular flexibility index (Phi) is 3.39. The van der Waals surface area contributed by atoms with Gasteiger partial charge in [0, 0.05) is 6.04 Å². The lowest BCUT2D eigenvalue weighted by atomic mass is 9.84. The van der Waals surface area contributed by atoms with Gasteiger partial charge in [-0.05, 0) is 62.1 Å². The highest BCUT2D eigenvalue weighted by atomic mass is 32.2. The number of hydrogen-bond acceptors (Lipinski definition) is 3. The summed E-state index contributed by atoms with van der Waals surface area (Å²) in [6.45, 7) is 1.97. The number of benzene rings is 1. The summed E-state index contributed by atoms with van der Waals surface area (Å²) in [6, 6.07) is 4.59. The topological polar surface area (TPSA) is 94.8 Å². The first-order valence-corrected chi connectivity index (χ1v) is 9.65. The third kappa shape index (κ3) is 2.61. The fraction of sp³-hybridized carbons (Fsp3) is 0.562. The minimum absolute atomic E-state index is 0.0590. The maximum atomic E-state index is 12.6. The number of H-pyrrole nitrogens is 2. The van der Waals surface area contributed by atoms with E-state index in [2.05, 4.69) is 14.7 Å². The monoisotopic (exact) mass is 335 g/mol. The van der Waals surface area contributed by atoms with Crippen molar-refractivity contribution in [1.29, 1.82) is 0 Å². The van der Waals surface area contributed by atoms with Crippen molar-refractivity contribution in [3.63, 3.8) is 0 Å². The first kappa shape index (κ1) is 15.0. The van der Waals surface area contributed by atoms with Crippen LogP contribution in [0, 0.1) is 17.8 Å². The van der Waals surface area contributed by atoms with E-state index in [1.54, 1.807) is 6.07 Å². The molecule has 2 fully saturated rings. The SMILES string of the molecule is CC(NS(=O)(=O)c1ccc2[nH]c(=O)[nH]c2c1)C1CC2CCC1C2. The van der Waals surface area contributed by atoms with Gasteiger partial charge in [-0.3, -0.25) is 0 Å². The van der Waals surface area contributed by atoms with Crippen LogP contribution in [0.4, 0.5) is 0 Å². The van der Waals surface area contributed by atoms with Crippen LogP contribution in [-0.4, -0.2) is 24.4 Å². The molecule has 2 aliphatic carbocycles. The molecule has 0 aliphatic heterocycles. The molecule has 1 aromatic carbocycles. The van der Waals surface area contributed by atoms with E-state index >= 15 is 0 Å². The van der Waals surface area contributed by atoms with Gasteiger partial charge in [-0.2, -0.15) is 0 Å². The molecule has 3 N–H and O–H groups in total. The largest absolute Gasteiger partial charge is 0.323 e.